The zero-order chi connectivity index (χ0) is 24.0. The molecule has 2 aliphatic rings. The Labute approximate surface area is 200 Å². The second kappa shape index (κ2) is 10.9. The first-order chi connectivity index (χ1) is 16.5. The topological polar surface area (TPSA) is 115 Å². The molecule has 2 N–H and O–H groups in total. The molecule has 2 aliphatic heterocycles. The van der Waals surface area contributed by atoms with Crippen molar-refractivity contribution in [2.45, 2.75) is 24.2 Å². The van der Waals surface area contributed by atoms with Crippen LogP contribution >= 0.6 is 0 Å². The molecule has 0 aromatic heterocycles. The summed E-state index contributed by atoms with van der Waals surface area (Å²) in [5, 5.41) is 14.8. The van der Waals surface area contributed by atoms with Gasteiger partial charge in [0.15, 0.2) is 0 Å². The lowest BCUT2D eigenvalue weighted by Gasteiger charge is -2.27. The largest absolute Gasteiger partial charge is 0.379 e. The van der Waals surface area contributed by atoms with Crippen molar-refractivity contribution in [2.75, 3.05) is 61.5 Å². The summed E-state index contributed by atoms with van der Waals surface area (Å²) < 4.78 is 33.0. The quantitative estimate of drug-likeness (QED) is 0.593. The van der Waals surface area contributed by atoms with Gasteiger partial charge in [0.05, 0.1) is 48.5 Å². The Hall–Kier alpha value is -3.13. The van der Waals surface area contributed by atoms with Gasteiger partial charge in [-0.2, -0.15) is 9.57 Å². The number of anilines is 3. The molecule has 10 heteroatoms. The molecular formula is C24H29N5O4S. The van der Waals surface area contributed by atoms with Crippen molar-refractivity contribution >= 4 is 33.0 Å². The van der Waals surface area contributed by atoms with Crippen LogP contribution in [0.25, 0.3) is 0 Å². The molecule has 2 aromatic carbocycles. The molecule has 2 aromatic rings. The van der Waals surface area contributed by atoms with E-state index < -0.39 is 10.0 Å². The third-order valence-corrected chi connectivity index (χ3v) is 7.88. The summed E-state index contributed by atoms with van der Waals surface area (Å²) in [5.74, 6) is -0.248. The maximum atomic E-state index is 13.2. The van der Waals surface area contributed by atoms with Gasteiger partial charge in [0.2, 0.25) is 15.9 Å². The van der Waals surface area contributed by atoms with Gasteiger partial charge in [0.25, 0.3) is 0 Å². The van der Waals surface area contributed by atoms with Crippen molar-refractivity contribution < 1.29 is 17.9 Å². The Kier molecular flexibility index (Phi) is 7.67. The van der Waals surface area contributed by atoms with E-state index in [-0.39, 0.29) is 17.3 Å². The zero-order valence-electron chi connectivity index (χ0n) is 19.0. The second-order valence-corrected chi connectivity index (χ2v) is 10.3. The third kappa shape index (κ3) is 5.67. The lowest BCUT2D eigenvalue weighted by Crippen LogP contribution is -2.40. The monoisotopic (exact) mass is 483 g/mol. The van der Waals surface area contributed by atoms with E-state index in [1.54, 1.807) is 36.4 Å². The summed E-state index contributed by atoms with van der Waals surface area (Å²) in [7, 11) is -3.65. The summed E-state index contributed by atoms with van der Waals surface area (Å²) in [6, 6.07) is 14.3. The molecule has 0 unspecified atom stereocenters. The van der Waals surface area contributed by atoms with E-state index >= 15 is 0 Å². The van der Waals surface area contributed by atoms with Crippen molar-refractivity contribution in [3.8, 4) is 6.07 Å². The smallest absolute Gasteiger partial charge is 0.243 e. The average Bonchev–Trinajstić information content (AvgIpc) is 3.39. The molecule has 180 valence electrons. The number of sulfonamides is 1. The predicted molar refractivity (Wildman–Crippen MR) is 130 cm³/mol. The first kappa shape index (κ1) is 24.0. The van der Waals surface area contributed by atoms with Crippen molar-refractivity contribution in [3.63, 3.8) is 0 Å². The number of nitrogens with one attached hydrogen (secondary N) is 2. The Morgan fingerprint density at radius 3 is 2.41 bits per heavy atom. The molecule has 4 rings (SSSR count). The first-order valence-electron chi connectivity index (χ1n) is 11.4. The molecule has 0 atom stereocenters. The highest BCUT2D eigenvalue weighted by atomic mass is 32.2. The maximum Gasteiger partial charge on any atom is 0.243 e. The number of amides is 1. The normalized spacial score (nSPS) is 16.7. The van der Waals surface area contributed by atoms with Crippen LogP contribution in [0, 0.1) is 11.3 Å². The summed E-state index contributed by atoms with van der Waals surface area (Å²) in [6.45, 7) is 3.20. The number of ether oxygens (including phenoxy) is 1. The second-order valence-electron chi connectivity index (χ2n) is 8.32. The minimum absolute atomic E-state index is 0.0121. The Bertz CT molecular complexity index is 1150. The van der Waals surface area contributed by atoms with Crippen LogP contribution in [-0.4, -0.2) is 64.6 Å². The average molecular weight is 484 g/mol. The number of morpholine rings is 1. The maximum absolute atomic E-state index is 13.2. The molecule has 0 spiro atoms. The van der Waals surface area contributed by atoms with Crippen LogP contribution in [0.15, 0.2) is 47.4 Å². The lowest BCUT2D eigenvalue weighted by molar-refractivity contribution is -0.114. The molecule has 34 heavy (non-hydrogen) atoms. The SMILES string of the molecule is N#CCc1ccc(NC(=O)CNc2cc(S(=O)(=O)N3CCOCC3)ccc2N2CCCC2)cc1. The van der Waals surface area contributed by atoms with Crippen molar-refractivity contribution in [3.05, 3.63) is 48.0 Å². The summed E-state index contributed by atoms with van der Waals surface area (Å²) >= 11 is 0. The highest BCUT2D eigenvalue weighted by Crippen LogP contribution is 2.32. The van der Waals surface area contributed by atoms with E-state index in [1.807, 2.05) is 6.07 Å². The molecule has 2 saturated heterocycles. The summed E-state index contributed by atoms with van der Waals surface area (Å²) in [5.41, 5.74) is 3.03. The van der Waals surface area contributed by atoms with Gasteiger partial charge in [-0.15, -0.1) is 0 Å². The third-order valence-electron chi connectivity index (χ3n) is 5.98. The number of nitrogens with zero attached hydrogens (tertiary/aromatic N) is 3. The fraction of sp³-hybridized carbons (Fsp3) is 0.417. The zero-order valence-corrected chi connectivity index (χ0v) is 19.8. The van der Waals surface area contributed by atoms with Gasteiger partial charge in [0, 0.05) is 31.9 Å². The lowest BCUT2D eigenvalue weighted by atomic mass is 10.1. The van der Waals surface area contributed by atoms with Crippen LogP contribution in [0.4, 0.5) is 17.1 Å². The van der Waals surface area contributed by atoms with E-state index in [4.69, 9.17) is 10.00 Å². The van der Waals surface area contributed by atoms with E-state index in [9.17, 15) is 13.2 Å². The minimum atomic E-state index is -3.65. The van der Waals surface area contributed by atoms with Gasteiger partial charge < -0.3 is 20.3 Å². The number of rotatable bonds is 8. The van der Waals surface area contributed by atoms with Crippen LogP contribution in [-0.2, 0) is 26.0 Å². The predicted octanol–water partition coefficient (Wildman–Crippen LogP) is 2.42. The van der Waals surface area contributed by atoms with E-state index in [0.717, 1.165) is 37.2 Å². The molecule has 0 aliphatic carbocycles. The first-order valence-corrected chi connectivity index (χ1v) is 12.9. The van der Waals surface area contributed by atoms with Crippen LogP contribution in [0.2, 0.25) is 0 Å². The summed E-state index contributed by atoms with van der Waals surface area (Å²) in [4.78, 5) is 15.0. The van der Waals surface area contributed by atoms with Crippen molar-refractivity contribution in [2.24, 2.45) is 0 Å². The highest BCUT2D eigenvalue weighted by Gasteiger charge is 2.28. The number of hydrogen-bond donors (Lipinski definition) is 2. The van der Waals surface area contributed by atoms with E-state index in [1.165, 1.54) is 4.31 Å². The van der Waals surface area contributed by atoms with Gasteiger partial charge in [-0.25, -0.2) is 8.42 Å². The molecule has 0 bridgehead atoms. The minimum Gasteiger partial charge on any atom is -0.379 e. The molecule has 9 nitrogen and oxygen atoms in total. The van der Waals surface area contributed by atoms with E-state index in [0.29, 0.717) is 44.1 Å². The van der Waals surface area contributed by atoms with Crippen LogP contribution in [0.5, 0.6) is 0 Å². The molecule has 1 amide bonds. The van der Waals surface area contributed by atoms with Gasteiger partial charge >= 0.3 is 0 Å². The van der Waals surface area contributed by atoms with Gasteiger partial charge in [0.1, 0.15) is 0 Å². The fourth-order valence-electron chi connectivity index (χ4n) is 4.16. The molecule has 0 radical (unpaired) electrons. The Morgan fingerprint density at radius 2 is 1.74 bits per heavy atom. The van der Waals surface area contributed by atoms with Crippen molar-refractivity contribution in [1.29, 1.82) is 5.26 Å². The number of carbonyl (C=O) groups is 1. The number of benzene rings is 2. The van der Waals surface area contributed by atoms with Gasteiger partial charge in [-0.05, 0) is 48.7 Å². The number of hydrogen-bond acceptors (Lipinski definition) is 7. The van der Waals surface area contributed by atoms with E-state index in [2.05, 4.69) is 21.6 Å². The number of carbonyl (C=O) groups excluding carboxylic acids is 1. The molecule has 2 fully saturated rings. The Balaban J connectivity index is 1.49. The fourth-order valence-corrected chi connectivity index (χ4v) is 5.60. The Morgan fingerprint density at radius 1 is 1.03 bits per heavy atom. The highest BCUT2D eigenvalue weighted by molar-refractivity contribution is 7.89. The van der Waals surface area contributed by atoms with Crippen LogP contribution in [0.3, 0.4) is 0 Å². The van der Waals surface area contributed by atoms with Crippen molar-refractivity contribution in [1.82, 2.24) is 4.31 Å². The van der Waals surface area contributed by atoms with Crippen LogP contribution < -0.4 is 15.5 Å². The molecule has 0 saturated carbocycles. The van der Waals surface area contributed by atoms with Gasteiger partial charge in [-0.3, -0.25) is 4.79 Å². The summed E-state index contributed by atoms with van der Waals surface area (Å²) in [6.07, 6.45) is 2.48. The standard InChI is InChI=1S/C24H29N5O4S/c25-10-9-19-3-5-20(6-4-19)27-24(30)18-26-22-17-21(7-8-23(22)28-11-1-2-12-28)34(31,32)29-13-15-33-16-14-29/h3-8,17,26H,1-2,9,11-16,18H2,(H,27,30). The van der Waals surface area contributed by atoms with Gasteiger partial charge in [-0.1, -0.05) is 12.1 Å². The molecular weight excluding hydrogens is 454 g/mol. The number of nitriles is 1. The van der Waals surface area contributed by atoms with Crippen LogP contribution in [0.1, 0.15) is 18.4 Å². The molecule has 2 heterocycles.